The van der Waals surface area contributed by atoms with Crippen molar-refractivity contribution < 1.29 is 4.79 Å². The maximum absolute atomic E-state index is 11.5. The molecule has 4 N–H and O–H groups in total. The van der Waals surface area contributed by atoms with Crippen LogP contribution in [0.25, 0.3) is 33.1 Å². The number of H-pyrrole nitrogens is 2. The van der Waals surface area contributed by atoms with Gasteiger partial charge in [0, 0.05) is 33.7 Å². The summed E-state index contributed by atoms with van der Waals surface area (Å²) < 4.78 is 0. The molecule has 0 aliphatic heterocycles. The van der Waals surface area contributed by atoms with Crippen LogP contribution in [-0.4, -0.2) is 15.9 Å². The average molecular weight is 275 g/mol. The fourth-order valence-corrected chi connectivity index (χ4v) is 2.80. The first kappa shape index (κ1) is 11.8. The smallest absolute Gasteiger partial charge is 0.250 e. The highest BCUT2D eigenvalue weighted by atomic mass is 16.1. The second kappa shape index (κ2) is 4.24. The minimum atomic E-state index is -0.423. The van der Waals surface area contributed by atoms with E-state index >= 15 is 0 Å². The van der Waals surface area contributed by atoms with Crippen LogP contribution in [0.3, 0.4) is 0 Å². The molecule has 2 aromatic heterocycles. The number of para-hydroxylation sites is 2. The molecule has 1 amide bonds. The molecule has 0 saturated carbocycles. The van der Waals surface area contributed by atoms with E-state index < -0.39 is 5.91 Å². The maximum atomic E-state index is 11.5. The Morgan fingerprint density at radius 3 is 2.76 bits per heavy atom. The molecule has 0 radical (unpaired) electrons. The van der Waals surface area contributed by atoms with Crippen molar-refractivity contribution in [2.24, 2.45) is 5.73 Å². The molecule has 4 heteroatoms. The van der Waals surface area contributed by atoms with Gasteiger partial charge in [-0.3, -0.25) is 4.79 Å². The number of nitrogens with one attached hydrogen (secondary N) is 2. The summed E-state index contributed by atoms with van der Waals surface area (Å²) in [6, 6.07) is 15.7. The summed E-state index contributed by atoms with van der Waals surface area (Å²) in [5.41, 5.74) is 9.86. The molecule has 4 aromatic rings. The van der Waals surface area contributed by atoms with Gasteiger partial charge < -0.3 is 15.7 Å². The molecule has 2 aromatic carbocycles. The lowest BCUT2D eigenvalue weighted by Crippen LogP contribution is -2.11. The van der Waals surface area contributed by atoms with Gasteiger partial charge in [-0.2, -0.15) is 0 Å². The van der Waals surface area contributed by atoms with Gasteiger partial charge in [0.2, 0.25) is 0 Å². The summed E-state index contributed by atoms with van der Waals surface area (Å²) in [4.78, 5) is 18.1. The number of hydrogen-bond donors (Lipinski definition) is 3. The number of aromatic nitrogens is 2. The Balaban J connectivity index is 1.99. The molecule has 4 rings (SSSR count). The van der Waals surface area contributed by atoms with E-state index in [1.165, 1.54) is 0 Å². The van der Waals surface area contributed by atoms with E-state index in [-0.39, 0.29) is 0 Å². The molecule has 0 fully saturated rings. The minimum Gasteiger partial charge on any atom is -0.366 e. The summed E-state index contributed by atoms with van der Waals surface area (Å²) in [6.45, 7) is 0. The van der Waals surface area contributed by atoms with Gasteiger partial charge in [-0.1, -0.05) is 30.3 Å². The Bertz CT molecular complexity index is 978. The van der Waals surface area contributed by atoms with Crippen LogP contribution < -0.4 is 5.73 Å². The lowest BCUT2D eigenvalue weighted by Gasteiger charge is -1.97. The largest absolute Gasteiger partial charge is 0.366 e. The van der Waals surface area contributed by atoms with E-state index in [9.17, 15) is 4.79 Å². The van der Waals surface area contributed by atoms with Crippen LogP contribution in [0.1, 0.15) is 10.4 Å². The quantitative estimate of drug-likeness (QED) is 0.515. The Morgan fingerprint density at radius 2 is 1.90 bits per heavy atom. The predicted octanol–water partition coefficient (Wildman–Crippen LogP) is 3.42. The standard InChI is InChI=1S/C17H13N3O/c18-17(21)12-6-3-4-10-8-15(20-16(10)12)13-9-19-14-7-2-1-5-11(13)14/h1-9,19-20H,(H2,18,21). The summed E-state index contributed by atoms with van der Waals surface area (Å²) in [6.07, 6.45) is 1.97. The third kappa shape index (κ3) is 1.73. The molecule has 0 spiro atoms. The van der Waals surface area contributed by atoms with Crippen molar-refractivity contribution in [3.63, 3.8) is 0 Å². The Kier molecular flexibility index (Phi) is 2.38. The number of primary amides is 1. The SMILES string of the molecule is NC(=O)c1cccc2cc(-c3c[nH]c4ccccc34)[nH]c12. The molecule has 0 bridgehead atoms. The number of fused-ring (bicyclic) bond motifs is 2. The minimum absolute atomic E-state index is 0.423. The zero-order chi connectivity index (χ0) is 14.4. The van der Waals surface area contributed by atoms with Crippen LogP contribution in [0.4, 0.5) is 0 Å². The van der Waals surface area contributed by atoms with Crippen molar-refractivity contribution in [3.8, 4) is 11.3 Å². The van der Waals surface area contributed by atoms with Gasteiger partial charge in [0.25, 0.3) is 5.91 Å². The Labute approximate surface area is 120 Å². The van der Waals surface area contributed by atoms with Gasteiger partial charge >= 0.3 is 0 Å². The van der Waals surface area contributed by atoms with Crippen LogP contribution in [-0.2, 0) is 0 Å². The van der Waals surface area contributed by atoms with Crippen LogP contribution in [0.15, 0.2) is 54.7 Å². The molecule has 0 aliphatic carbocycles. The summed E-state index contributed by atoms with van der Waals surface area (Å²) in [5.74, 6) is -0.423. The van der Waals surface area contributed by atoms with Crippen molar-refractivity contribution in [1.29, 1.82) is 0 Å². The van der Waals surface area contributed by atoms with Gasteiger partial charge in [0.1, 0.15) is 0 Å². The molecule has 0 unspecified atom stereocenters. The zero-order valence-electron chi connectivity index (χ0n) is 11.2. The summed E-state index contributed by atoms with van der Waals surface area (Å²) in [7, 11) is 0. The van der Waals surface area contributed by atoms with Crippen molar-refractivity contribution >= 4 is 27.7 Å². The van der Waals surface area contributed by atoms with E-state index in [0.717, 1.165) is 33.1 Å². The maximum Gasteiger partial charge on any atom is 0.250 e. The number of rotatable bonds is 2. The number of nitrogens with two attached hydrogens (primary N) is 1. The lowest BCUT2D eigenvalue weighted by atomic mass is 10.1. The highest BCUT2D eigenvalue weighted by Crippen LogP contribution is 2.31. The van der Waals surface area contributed by atoms with Crippen molar-refractivity contribution in [2.75, 3.05) is 0 Å². The Morgan fingerprint density at radius 1 is 1.05 bits per heavy atom. The normalized spacial score (nSPS) is 11.2. The molecule has 0 atom stereocenters. The van der Waals surface area contributed by atoms with E-state index in [2.05, 4.69) is 16.0 Å². The van der Waals surface area contributed by atoms with Gasteiger partial charge in [-0.15, -0.1) is 0 Å². The number of amides is 1. The second-order valence-electron chi connectivity index (χ2n) is 5.06. The van der Waals surface area contributed by atoms with Gasteiger partial charge in [-0.25, -0.2) is 0 Å². The van der Waals surface area contributed by atoms with Crippen molar-refractivity contribution in [1.82, 2.24) is 9.97 Å². The van der Waals surface area contributed by atoms with Gasteiger partial charge in [0.15, 0.2) is 0 Å². The first-order valence-corrected chi connectivity index (χ1v) is 6.72. The molecule has 0 aliphatic rings. The summed E-state index contributed by atoms with van der Waals surface area (Å²) in [5, 5.41) is 2.12. The molecule has 4 nitrogen and oxygen atoms in total. The van der Waals surface area contributed by atoms with Crippen LogP contribution >= 0.6 is 0 Å². The fraction of sp³-hybridized carbons (Fsp3) is 0. The first-order valence-electron chi connectivity index (χ1n) is 6.72. The summed E-state index contributed by atoms with van der Waals surface area (Å²) >= 11 is 0. The van der Waals surface area contributed by atoms with Gasteiger partial charge in [-0.05, 0) is 18.2 Å². The third-order valence-electron chi connectivity index (χ3n) is 3.80. The van der Waals surface area contributed by atoms with Crippen molar-refractivity contribution in [2.45, 2.75) is 0 Å². The topological polar surface area (TPSA) is 74.7 Å². The Hall–Kier alpha value is -3.01. The first-order chi connectivity index (χ1) is 10.2. The molecular weight excluding hydrogens is 262 g/mol. The highest BCUT2D eigenvalue weighted by Gasteiger charge is 2.12. The van der Waals surface area contributed by atoms with E-state index in [0.29, 0.717) is 5.56 Å². The number of carbonyl (C=O) groups is 1. The number of benzene rings is 2. The highest BCUT2D eigenvalue weighted by molar-refractivity contribution is 6.07. The van der Waals surface area contributed by atoms with Crippen LogP contribution in [0, 0.1) is 0 Å². The number of hydrogen-bond acceptors (Lipinski definition) is 1. The molecular formula is C17H13N3O. The molecule has 2 heterocycles. The number of carbonyl (C=O) groups excluding carboxylic acids is 1. The zero-order valence-corrected chi connectivity index (χ0v) is 11.2. The molecule has 0 saturated heterocycles. The predicted molar refractivity (Wildman–Crippen MR) is 84.1 cm³/mol. The molecule has 21 heavy (non-hydrogen) atoms. The van der Waals surface area contributed by atoms with Crippen LogP contribution in [0.2, 0.25) is 0 Å². The molecule has 102 valence electrons. The van der Waals surface area contributed by atoms with E-state index in [1.807, 2.05) is 42.6 Å². The fourth-order valence-electron chi connectivity index (χ4n) is 2.80. The van der Waals surface area contributed by atoms with Crippen LogP contribution in [0.5, 0.6) is 0 Å². The average Bonchev–Trinajstić information content (AvgIpc) is 3.09. The third-order valence-corrected chi connectivity index (χ3v) is 3.80. The lowest BCUT2D eigenvalue weighted by molar-refractivity contribution is 0.100. The monoisotopic (exact) mass is 275 g/mol. The van der Waals surface area contributed by atoms with Crippen molar-refractivity contribution in [3.05, 3.63) is 60.3 Å². The second-order valence-corrected chi connectivity index (χ2v) is 5.06. The number of aromatic amines is 2. The van der Waals surface area contributed by atoms with E-state index in [4.69, 9.17) is 5.73 Å². The van der Waals surface area contributed by atoms with Gasteiger partial charge in [0.05, 0.1) is 11.1 Å². The van der Waals surface area contributed by atoms with E-state index in [1.54, 1.807) is 6.07 Å².